The molecule has 0 aliphatic heterocycles. The summed E-state index contributed by atoms with van der Waals surface area (Å²) in [6.45, 7) is 3.07. The maximum atomic E-state index is 5.68. The molecule has 0 spiro atoms. The molecule has 0 aliphatic rings. The summed E-state index contributed by atoms with van der Waals surface area (Å²) in [6, 6.07) is 8.15. The van der Waals surface area contributed by atoms with Gasteiger partial charge in [-0.15, -0.1) is 0 Å². The van der Waals surface area contributed by atoms with Crippen LogP contribution in [0.1, 0.15) is 32.6 Å². The highest BCUT2D eigenvalue weighted by Gasteiger charge is 1.97. The third kappa shape index (κ3) is 4.31. The maximum Gasteiger partial charge on any atom is 0.132 e. The van der Waals surface area contributed by atoms with Crippen LogP contribution in [0.25, 0.3) is 0 Å². The molecule has 0 unspecified atom stereocenters. The second kappa shape index (κ2) is 7.10. The summed E-state index contributed by atoms with van der Waals surface area (Å²) in [5.41, 5.74) is 0. The van der Waals surface area contributed by atoms with Crippen molar-refractivity contribution in [1.82, 2.24) is 0 Å². The highest BCUT2D eigenvalue weighted by Crippen LogP contribution is 2.19. The molecule has 0 aromatic heterocycles. The van der Waals surface area contributed by atoms with Gasteiger partial charge in [0.05, 0.1) is 10.2 Å². The van der Waals surface area contributed by atoms with E-state index in [-0.39, 0.29) is 0 Å². The number of ether oxygens (including phenoxy) is 1. The second-order valence-corrected chi connectivity index (χ2v) is 4.50. The predicted octanol–water partition coefficient (Wildman–Crippen LogP) is 4.25. The Balaban J connectivity index is 2.21. The molecule has 0 atom stereocenters. The average Bonchev–Trinajstić information content (AvgIpc) is 2.20. The number of unbranched alkanes of at least 4 members (excludes halogenated alkanes) is 3. The minimum Gasteiger partial charge on any atom is -0.492 e. The first-order valence-electron chi connectivity index (χ1n) is 5.22. The first-order chi connectivity index (χ1) is 6.84. The van der Waals surface area contributed by atoms with E-state index < -0.39 is 0 Å². The van der Waals surface area contributed by atoms with Gasteiger partial charge in [0.25, 0.3) is 0 Å². The lowest BCUT2D eigenvalue weighted by molar-refractivity contribution is 0.303. The molecule has 0 aliphatic carbocycles. The first kappa shape index (κ1) is 11.8. The average molecular weight is 304 g/mol. The molecule has 1 aromatic carbocycles. The summed E-state index contributed by atoms with van der Waals surface area (Å²) < 4.78 is 6.87. The summed E-state index contributed by atoms with van der Waals surface area (Å²) in [4.78, 5) is 0. The summed E-state index contributed by atoms with van der Waals surface area (Å²) in [7, 11) is 0. The van der Waals surface area contributed by atoms with Gasteiger partial charge in [-0.2, -0.15) is 0 Å². The monoisotopic (exact) mass is 304 g/mol. The number of hydrogen-bond acceptors (Lipinski definition) is 1. The Kier molecular flexibility index (Phi) is 5.99. The third-order valence-electron chi connectivity index (χ3n) is 2.09. The van der Waals surface area contributed by atoms with Crippen LogP contribution in [0.4, 0.5) is 0 Å². The van der Waals surface area contributed by atoms with Crippen LogP contribution in [0.3, 0.4) is 0 Å². The Bertz CT molecular complexity index is 260. The topological polar surface area (TPSA) is 9.23 Å². The van der Waals surface area contributed by atoms with Crippen molar-refractivity contribution in [3.05, 3.63) is 27.8 Å². The molecule has 0 N–H and O–H groups in total. The van der Waals surface area contributed by atoms with E-state index in [2.05, 4.69) is 35.6 Å². The summed E-state index contributed by atoms with van der Waals surface area (Å²) in [5, 5.41) is 0. The molecule has 78 valence electrons. The lowest BCUT2D eigenvalue weighted by Gasteiger charge is -2.07. The fourth-order valence-electron chi connectivity index (χ4n) is 1.27. The van der Waals surface area contributed by atoms with Crippen LogP contribution < -0.4 is 4.74 Å². The molecular formula is C12H17IO. The van der Waals surface area contributed by atoms with Gasteiger partial charge >= 0.3 is 0 Å². The Morgan fingerprint density at radius 1 is 1.14 bits per heavy atom. The molecule has 0 saturated carbocycles. The van der Waals surface area contributed by atoms with Crippen LogP contribution in [0.15, 0.2) is 24.3 Å². The van der Waals surface area contributed by atoms with Crippen LogP contribution in [0.5, 0.6) is 5.75 Å². The van der Waals surface area contributed by atoms with E-state index in [1.54, 1.807) is 0 Å². The zero-order valence-corrected chi connectivity index (χ0v) is 10.8. The first-order valence-corrected chi connectivity index (χ1v) is 6.29. The molecule has 0 saturated heterocycles. The van der Waals surface area contributed by atoms with E-state index in [0.29, 0.717) is 0 Å². The van der Waals surface area contributed by atoms with Gasteiger partial charge in [0.2, 0.25) is 0 Å². The van der Waals surface area contributed by atoms with Crippen molar-refractivity contribution in [3.63, 3.8) is 0 Å². The molecule has 1 nitrogen and oxygen atoms in total. The van der Waals surface area contributed by atoms with E-state index in [9.17, 15) is 0 Å². The Morgan fingerprint density at radius 3 is 2.64 bits per heavy atom. The van der Waals surface area contributed by atoms with Crippen molar-refractivity contribution in [1.29, 1.82) is 0 Å². The molecule has 2 heteroatoms. The fourth-order valence-corrected chi connectivity index (χ4v) is 1.82. The minimum atomic E-state index is 0.847. The molecule has 0 radical (unpaired) electrons. The van der Waals surface area contributed by atoms with E-state index in [1.165, 1.54) is 29.3 Å². The van der Waals surface area contributed by atoms with E-state index in [1.807, 2.05) is 18.2 Å². The van der Waals surface area contributed by atoms with Gasteiger partial charge in [0, 0.05) is 0 Å². The normalized spacial score (nSPS) is 10.1. The zero-order valence-electron chi connectivity index (χ0n) is 8.63. The molecular weight excluding hydrogens is 287 g/mol. The van der Waals surface area contributed by atoms with E-state index >= 15 is 0 Å². The standard InChI is InChI=1S/C12H17IO/c1-2-3-4-7-10-14-12-9-6-5-8-11(12)13/h5-6,8-9H,2-4,7,10H2,1H3. The second-order valence-electron chi connectivity index (χ2n) is 3.34. The third-order valence-corrected chi connectivity index (χ3v) is 2.98. The highest BCUT2D eigenvalue weighted by molar-refractivity contribution is 14.1. The quantitative estimate of drug-likeness (QED) is 0.564. The van der Waals surface area contributed by atoms with Crippen molar-refractivity contribution in [2.75, 3.05) is 6.61 Å². The smallest absolute Gasteiger partial charge is 0.132 e. The van der Waals surface area contributed by atoms with Crippen LogP contribution in [0.2, 0.25) is 0 Å². The zero-order chi connectivity index (χ0) is 10.2. The number of halogens is 1. The van der Waals surface area contributed by atoms with Gasteiger partial charge < -0.3 is 4.74 Å². The Morgan fingerprint density at radius 2 is 1.93 bits per heavy atom. The molecule has 1 rings (SSSR count). The lowest BCUT2D eigenvalue weighted by atomic mass is 10.2. The molecule has 14 heavy (non-hydrogen) atoms. The molecule has 0 fully saturated rings. The molecule has 0 amide bonds. The predicted molar refractivity (Wildman–Crippen MR) is 68.8 cm³/mol. The van der Waals surface area contributed by atoms with Crippen LogP contribution in [-0.4, -0.2) is 6.61 Å². The van der Waals surface area contributed by atoms with Crippen molar-refractivity contribution >= 4 is 22.6 Å². The van der Waals surface area contributed by atoms with Crippen LogP contribution in [-0.2, 0) is 0 Å². The van der Waals surface area contributed by atoms with Gasteiger partial charge in [-0.1, -0.05) is 38.3 Å². The van der Waals surface area contributed by atoms with Crippen molar-refractivity contribution in [3.8, 4) is 5.75 Å². The van der Waals surface area contributed by atoms with Gasteiger partial charge in [-0.25, -0.2) is 0 Å². The fraction of sp³-hybridized carbons (Fsp3) is 0.500. The molecule has 0 heterocycles. The molecule has 1 aromatic rings. The van der Waals surface area contributed by atoms with Crippen molar-refractivity contribution in [2.24, 2.45) is 0 Å². The highest BCUT2D eigenvalue weighted by atomic mass is 127. The number of para-hydroxylation sites is 1. The van der Waals surface area contributed by atoms with E-state index in [0.717, 1.165) is 12.4 Å². The van der Waals surface area contributed by atoms with Crippen molar-refractivity contribution < 1.29 is 4.74 Å². The van der Waals surface area contributed by atoms with Crippen molar-refractivity contribution in [2.45, 2.75) is 32.6 Å². The van der Waals surface area contributed by atoms with Gasteiger partial charge in [0.15, 0.2) is 0 Å². The maximum absolute atomic E-state index is 5.68. The Labute approximate surface area is 100.0 Å². The lowest BCUT2D eigenvalue weighted by Crippen LogP contribution is -1.98. The van der Waals surface area contributed by atoms with Gasteiger partial charge in [-0.05, 0) is 41.1 Å². The van der Waals surface area contributed by atoms with Crippen LogP contribution >= 0.6 is 22.6 Å². The summed E-state index contributed by atoms with van der Waals surface area (Å²) in [6.07, 6.45) is 5.04. The molecule has 0 bridgehead atoms. The Hall–Kier alpha value is -0.250. The minimum absolute atomic E-state index is 0.847. The number of benzene rings is 1. The summed E-state index contributed by atoms with van der Waals surface area (Å²) >= 11 is 2.30. The largest absolute Gasteiger partial charge is 0.492 e. The number of hydrogen-bond donors (Lipinski definition) is 0. The van der Waals surface area contributed by atoms with E-state index in [4.69, 9.17) is 4.74 Å². The van der Waals surface area contributed by atoms with Crippen LogP contribution in [0, 0.1) is 3.57 Å². The van der Waals surface area contributed by atoms with Gasteiger partial charge in [-0.3, -0.25) is 0 Å². The van der Waals surface area contributed by atoms with Gasteiger partial charge in [0.1, 0.15) is 5.75 Å². The number of rotatable bonds is 6. The summed E-state index contributed by atoms with van der Waals surface area (Å²) in [5.74, 6) is 1.02. The SMILES string of the molecule is CCCCCCOc1ccccc1I.